The fourth-order valence-electron chi connectivity index (χ4n) is 3.11. The van der Waals surface area contributed by atoms with Crippen LogP contribution in [0.5, 0.6) is 5.75 Å². The largest absolute Gasteiger partial charge is 0.497 e. The highest BCUT2D eigenvalue weighted by atomic mass is 16.5. The molecule has 21 heavy (non-hydrogen) atoms. The lowest BCUT2D eigenvalue weighted by Crippen LogP contribution is -2.54. The van der Waals surface area contributed by atoms with Crippen molar-refractivity contribution in [2.45, 2.75) is 19.9 Å². The van der Waals surface area contributed by atoms with Crippen LogP contribution in [0.4, 0.5) is 5.69 Å². The van der Waals surface area contributed by atoms with Gasteiger partial charge in [0.1, 0.15) is 5.75 Å². The Labute approximate surface area is 129 Å². The van der Waals surface area contributed by atoms with Crippen LogP contribution in [0.15, 0.2) is 24.3 Å². The predicted molar refractivity (Wildman–Crippen MR) is 89.3 cm³/mol. The van der Waals surface area contributed by atoms with Crippen LogP contribution in [-0.2, 0) is 0 Å². The standard InChI is InChI=1S/C17H29N3O/c1-14(2)17(13-18-3)20-10-8-19(9-11-20)15-6-5-7-16(12-15)21-4/h5-7,12,14,17-18H,8-11,13H2,1-4H3. The fraction of sp³-hybridized carbons (Fsp3) is 0.647. The number of nitrogens with one attached hydrogen (secondary N) is 1. The molecule has 118 valence electrons. The number of piperazine rings is 1. The second kappa shape index (κ2) is 7.66. The minimum Gasteiger partial charge on any atom is -0.497 e. The van der Waals surface area contributed by atoms with Crippen molar-refractivity contribution in [3.8, 4) is 5.75 Å². The zero-order chi connectivity index (χ0) is 15.2. The third-order valence-corrected chi connectivity index (χ3v) is 4.38. The summed E-state index contributed by atoms with van der Waals surface area (Å²) in [5, 5.41) is 3.33. The van der Waals surface area contributed by atoms with E-state index in [0.717, 1.165) is 38.5 Å². The van der Waals surface area contributed by atoms with Gasteiger partial charge in [-0.25, -0.2) is 0 Å². The second-order valence-corrected chi connectivity index (χ2v) is 6.09. The quantitative estimate of drug-likeness (QED) is 0.868. The first-order valence-corrected chi connectivity index (χ1v) is 7.93. The SMILES string of the molecule is CNCC(C(C)C)N1CCN(c2cccc(OC)c2)CC1. The van der Waals surface area contributed by atoms with E-state index in [1.807, 2.05) is 13.1 Å². The van der Waals surface area contributed by atoms with Crippen LogP contribution in [-0.4, -0.2) is 57.8 Å². The summed E-state index contributed by atoms with van der Waals surface area (Å²) in [6.07, 6.45) is 0. The van der Waals surface area contributed by atoms with Crippen molar-refractivity contribution < 1.29 is 4.74 Å². The van der Waals surface area contributed by atoms with Gasteiger partial charge < -0.3 is 15.0 Å². The molecular weight excluding hydrogens is 262 g/mol. The summed E-state index contributed by atoms with van der Waals surface area (Å²) in [6.45, 7) is 10.1. The van der Waals surface area contributed by atoms with Crippen LogP contribution in [0.25, 0.3) is 0 Å². The molecule has 0 spiro atoms. The first-order chi connectivity index (χ1) is 10.2. The van der Waals surface area contributed by atoms with Crippen LogP contribution in [0, 0.1) is 5.92 Å². The first kappa shape index (κ1) is 16.1. The third kappa shape index (κ3) is 4.11. The van der Waals surface area contributed by atoms with Crippen LogP contribution < -0.4 is 15.0 Å². The zero-order valence-electron chi connectivity index (χ0n) is 13.8. The van der Waals surface area contributed by atoms with Crippen molar-refractivity contribution in [3.05, 3.63) is 24.3 Å². The Bertz CT molecular complexity index is 428. The highest BCUT2D eigenvalue weighted by molar-refractivity contribution is 5.51. The minimum absolute atomic E-state index is 0.627. The number of likely N-dealkylation sites (N-methyl/N-ethyl adjacent to an activating group) is 1. The van der Waals surface area contributed by atoms with Crippen LogP contribution in [0.3, 0.4) is 0 Å². The smallest absolute Gasteiger partial charge is 0.120 e. The van der Waals surface area contributed by atoms with E-state index in [0.29, 0.717) is 12.0 Å². The molecule has 0 saturated carbocycles. The molecule has 1 aromatic rings. The first-order valence-electron chi connectivity index (χ1n) is 7.93. The van der Waals surface area contributed by atoms with Gasteiger partial charge in [-0.2, -0.15) is 0 Å². The highest BCUT2D eigenvalue weighted by Crippen LogP contribution is 2.23. The number of nitrogens with zero attached hydrogens (tertiary/aromatic N) is 2. The van der Waals surface area contributed by atoms with Crippen molar-refractivity contribution >= 4 is 5.69 Å². The molecule has 1 heterocycles. The van der Waals surface area contributed by atoms with E-state index in [1.165, 1.54) is 5.69 Å². The van der Waals surface area contributed by atoms with Crippen molar-refractivity contribution in [1.29, 1.82) is 0 Å². The number of hydrogen-bond acceptors (Lipinski definition) is 4. The zero-order valence-corrected chi connectivity index (χ0v) is 13.8. The Morgan fingerprint density at radius 1 is 1.19 bits per heavy atom. The Hall–Kier alpha value is -1.26. The van der Waals surface area contributed by atoms with E-state index in [4.69, 9.17) is 4.74 Å². The number of methoxy groups -OCH3 is 1. The molecule has 0 amide bonds. The lowest BCUT2D eigenvalue weighted by atomic mass is 10.0. The van der Waals surface area contributed by atoms with E-state index in [9.17, 15) is 0 Å². The minimum atomic E-state index is 0.627. The van der Waals surface area contributed by atoms with Crippen LogP contribution >= 0.6 is 0 Å². The van der Waals surface area contributed by atoms with Gasteiger partial charge >= 0.3 is 0 Å². The maximum Gasteiger partial charge on any atom is 0.120 e. The van der Waals surface area contributed by atoms with Gasteiger partial charge in [0, 0.05) is 50.5 Å². The molecule has 1 unspecified atom stereocenters. The molecule has 0 bridgehead atoms. The fourth-order valence-corrected chi connectivity index (χ4v) is 3.11. The molecule has 0 radical (unpaired) electrons. The van der Waals surface area contributed by atoms with E-state index in [-0.39, 0.29) is 0 Å². The van der Waals surface area contributed by atoms with E-state index in [1.54, 1.807) is 7.11 Å². The Morgan fingerprint density at radius 3 is 2.48 bits per heavy atom. The normalized spacial score (nSPS) is 18.0. The number of benzene rings is 1. The number of rotatable bonds is 6. The molecule has 1 fully saturated rings. The molecule has 1 N–H and O–H groups in total. The van der Waals surface area contributed by atoms with Gasteiger partial charge in [0.25, 0.3) is 0 Å². The topological polar surface area (TPSA) is 27.7 Å². The third-order valence-electron chi connectivity index (χ3n) is 4.38. The molecule has 1 aliphatic heterocycles. The molecule has 2 rings (SSSR count). The Kier molecular flexibility index (Phi) is 5.88. The van der Waals surface area contributed by atoms with Gasteiger partial charge in [-0.05, 0) is 25.1 Å². The summed E-state index contributed by atoms with van der Waals surface area (Å²) in [5.41, 5.74) is 1.27. The molecule has 1 aliphatic rings. The van der Waals surface area contributed by atoms with Crippen LogP contribution in [0.2, 0.25) is 0 Å². The second-order valence-electron chi connectivity index (χ2n) is 6.09. The molecule has 4 nitrogen and oxygen atoms in total. The monoisotopic (exact) mass is 291 g/mol. The van der Waals surface area contributed by atoms with E-state index >= 15 is 0 Å². The summed E-state index contributed by atoms with van der Waals surface area (Å²) in [6, 6.07) is 9.00. The molecule has 4 heteroatoms. The molecule has 1 aromatic carbocycles. The van der Waals surface area contributed by atoms with Gasteiger partial charge in [-0.15, -0.1) is 0 Å². The van der Waals surface area contributed by atoms with Gasteiger partial charge in [-0.1, -0.05) is 19.9 Å². The molecule has 1 atom stereocenters. The summed E-state index contributed by atoms with van der Waals surface area (Å²) in [4.78, 5) is 5.08. The maximum atomic E-state index is 5.32. The van der Waals surface area contributed by atoms with Gasteiger partial charge in [-0.3, -0.25) is 4.90 Å². The van der Waals surface area contributed by atoms with Crippen molar-refractivity contribution in [2.24, 2.45) is 5.92 Å². The Morgan fingerprint density at radius 2 is 1.90 bits per heavy atom. The molecular formula is C17H29N3O. The summed E-state index contributed by atoms with van der Waals surface area (Å²) >= 11 is 0. The van der Waals surface area contributed by atoms with Crippen molar-refractivity contribution in [3.63, 3.8) is 0 Å². The molecule has 0 aliphatic carbocycles. The van der Waals surface area contributed by atoms with E-state index in [2.05, 4.69) is 47.2 Å². The highest BCUT2D eigenvalue weighted by Gasteiger charge is 2.25. The maximum absolute atomic E-state index is 5.32. The van der Waals surface area contributed by atoms with Crippen molar-refractivity contribution in [2.75, 3.05) is 51.8 Å². The van der Waals surface area contributed by atoms with E-state index < -0.39 is 0 Å². The van der Waals surface area contributed by atoms with Gasteiger partial charge in [0.15, 0.2) is 0 Å². The number of anilines is 1. The van der Waals surface area contributed by atoms with Gasteiger partial charge in [0.05, 0.1) is 7.11 Å². The average Bonchev–Trinajstić information content (AvgIpc) is 2.52. The lowest BCUT2D eigenvalue weighted by Gasteiger charge is -2.41. The molecule has 1 saturated heterocycles. The summed E-state index contributed by atoms with van der Waals surface area (Å²) < 4.78 is 5.32. The summed E-state index contributed by atoms with van der Waals surface area (Å²) in [7, 11) is 3.77. The Balaban J connectivity index is 1.95. The van der Waals surface area contributed by atoms with Crippen LogP contribution in [0.1, 0.15) is 13.8 Å². The van der Waals surface area contributed by atoms with Crippen molar-refractivity contribution in [1.82, 2.24) is 10.2 Å². The molecule has 0 aromatic heterocycles. The number of ether oxygens (including phenoxy) is 1. The summed E-state index contributed by atoms with van der Waals surface area (Å²) in [5.74, 6) is 1.62. The lowest BCUT2D eigenvalue weighted by molar-refractivity contribution is 0.145. The average molecular weight is 291 g/mol. The van der Waals surface area contributed by atoms with Gasteiger partial charge in [0.2, 0.25) is 0 Å². The number of hydrogen-bond donors (Lipinski definition) is 1. The predicted octanol–water partition coefficient (Wildman–Crippen LogP) is 2.06.